The van der Waals surface area contributed by atoms with Crippen molar-refractivity contribution in [3.63, 3.8) is 0 Å². The van der Waals surface area contributed by atoms with Crippen LogP contribution in [0.2, 0.25) is 0 Å². The van der Waals surface area contributed by atoms with Crippen LogP contribution in [0.1, 0.15) is 43.0 Å². The lowest BCUT2D eigenvalue weighted by Gasteiger charge is -2.37. The van der Waals surface area contributed by atoms with Gasteiger partial charge in [-0.2, -0.15) is 0 Å². The maximum atomic E-state index is 11.7. The van der Waals surface area contributed by atoms with Crippen LogP contribution >= 0.6 is 0 Å². The molecule has 20 heavy (non-hydrogen) atoms. The number of primary amides is 1. The van der Waals surface area contributed by atoms with E-state index in [9.17, 15) is 14.7 Å². The van der Waals surface area contributed by atoms with Crippen LogP contribution in [0, 0.1) is 5.92 Å². The SMILES string of the molecule is CC1CCCC(Nc2ccc(C(N)=O)cc2)(C(=O)O)C1. The van der Waals surface area contributed by atoms with Crippen LogP contribution < -0.4 is 11.1 Å². The Balaban J connectivity index is 2.20. The maximum absolute atomic E-state index is 11.7. The Morgan fingerprint density at radius 2 is 2.00 bits per heavy atom. The Kier molecular flexibility index (Phi) is 3.97. The molecule has 0 aromatic heterocycles. The number of aliphatic carboxylic acids is 1. The molecule has 1 fully saturated rings. The molecular formula is C15H20N2O3. The van der Waals surface area contributed by atoms with E-state index >= 15 is 0 Å². The van der Waals surface area contributed by atoms with E-state index in [0.717, 1.165) is 12.8 Å². The number of nitrogens with one attached hydrogen (secondary N) is 1. The number of hydrogen-bond donors (Lipinski definition) is 3. The summed E-state index contributed by atoms with van der Waals surface area (Å²) < 4.78 is 0. The predicted octanol–water partition coefficient (Wildman–Crippen LogP) is 2.23. The number of carbonyl (C=O) groups is 2. The lowest BCUT2D eigenvalue weighted by atomic mass is 9.76. The van der Waals surface area contributed by atoms with Crippen LogP contribution in [0.25, 0.3) is 0 Å². The van der Waals surface area contributed by atoms with Gasteiger partial charge in [0.15, 0.2) is 0 Å². The van der Waals surface area contributed by atoms with E-state index in [4.69, 9.17) is 5.73 Å². The Labute approximate surface area is 118 Å². The molecule has 0 bridgehead atoms. The Bertz CT molecular complexity index is 512. The molecule has 2 rings (SSSR count). The van der Waals surface area contributed by atoms with Gasteiger partial charge in [-0.1, -0.05) is 19.8 Å². The van der Waals surface area contributed by atoms with Crippen molar-refractivity contribution >= 4 is 17.6 Å². The molecule has 0 spiro atoms. The molecule has 1 aliphatic rings. The van der Waals surface area contributed by atoms with E-state index in [1.807, 2.05) is 0 Å². The van der Waals surface area contributed by atoms with Crippen molar-refractivity contribution in [3.8, 4) is 0 Å². The summed E-state index contributed by atoms with van der Waals surface area (Å²) in [5.41, 5.74) is 5.39. The Morgan fingerprint density at radius 3 is 2.50 bits per heavy atom. The molecule has 2 unspecified atom stereocenters. The molecule has 2 atom stereocenters. The van der Waals surface area contributed by atoms with Gasteiger partial charge in [-0.05, 0) is 43.0 Å². The second kappa shape index (κ2) is 5.53. The fourth-order valence-electron chi connectivity index (χ4n) is 2.91. The van der Waals surface area contributed by atoms with Gasteiger partial charge in [0.2, 0.25) is 5.91 Å². The van der Waals surface area contributed by atoms with Crippen LogP contribution in [0.4, 0.5) is 5.69 Å². The monoisotopic (exact) mass is 276 g/mol. The molecule has 5 nitrogen and oxygen atoms in total. The van der Waals surface area contributed by atoms with Crippen LogP contribution in [0.5, 0.6) is 0 Å². The zero-order valence-corrected chi connectivity index (χ0v) is 11.6. The minimum atomic E-state index is -0.911. The maximum Gasteiger partial charge on any atom is 0.329 e. The topological polar surface area (TPSA) is 92.4 Å². The third kappa shape index (κ3) is 2.92. The number of carbonyl (C=O) groups excluding carboxylic acids is 1. The van der Waals surface area contributed by atoms with Crippen molar-refractivity contribution in [2.24, 2.45) is 11.7 Å². The number of benzene rings is 1. The van der Waals surface area contributed by atoms with Gasteiger partial charge in [0.1, 0.15) is 5.54 Å². The molecular weight excluding hydrogens is 256 g/mol. The van der Waals surface area contributed by atoms with Crippen LogP contribution in [-0.4, -0.2) is 22.5 Å². The normalized spacial score (nSPS) is 25.9. The Morgan fingerprint density at radius 1 is 1.35 bits per heavy atom. The number of rotatable bonds is 4. The second-order valence-electron chi connectivity index (χ2n) is 5.66. The number of carboxylic acids is 1. The standard InChI is InChI=1S/C15H20N2O3/c1-10-3-2-8-15(9-10,14(19)20)17-12-6-4-11(5-7-12)13(16)18/h4-7,10,17H,2-3,8-9H2,1H3,(H2,16,18)(H,19,20). The van der Waals surface area contributed by atoms with Crippen molar-refractivity contribution in [2.75, 3.05) is 5.32 Å². The van der Waals surface area contributed by atoms with E-state index in [1.54, 1.807) is 24.3 Å². The molecule has 1 aliphatic carbocycles. The average molecular weight is 276 g/mol. The molecule has 1 aromatic rings. The smallest absolute Gasteiger partial charge is 0.329 e. The first-order valence-electron chi connectivity index (χ1n) is 6.84. The zero-order chi connectivity index (χ0) is 14.8. The highest BCUT2D eigenvalue weighted by atomic mass is 16.4. The van der Waals surface area contributed by atoms with Gasteiger partial charge in [-0.3, -0.25) is 4.79 Å². The average Bonchev–Trinajstić information content (AvgIpc) is 2.39. The minimum Gasteiger partial charge on any atom is -0.480 e. The third-order valence-corrected chi connectivity index (χ3v) is 3.96. The van der Waals surface area contributed by atoms with E-state index < -0.39 is 17.4 Å². The highest BCUT2D eigenvalue weighted by Gasteiger charge is 2.41. The largest absolute Gasteiger partial charge is 0.480 e. The highest BCUT2D eigenvalue weighted by molar-refractivity contribution is 5.93. The molecule has 5 heteroatoms. The zero-order valence-electron chi connectivity index (χ0n) is 11.6. The van der Waals surface area contributed by atoms with Crippen LogP contribution in [-0.2, 0) is 4.79 Å². The van der Waals surface area contributed by atoms with Crippen LogP contribution in [0.3, 0.4) is 0 Å². The summed E-state index contributed by atoms with van der Waals surface area (Å²) in [6.45, 7) is 2.08. The summed E-state index contributed by atoms with van der Waals surface area (Å²) in [5.74, 6) is -0.920. The number of nitrogens with two attached hydrogens (primary N) is 1. The number of anilines is 1. The first-order chi connectivity index (χ1) is 9.43. The fourth-order valence-corrected chi connectivity index (χ4v) is 2.91. The molecule has 0 aliphatic heterocycles. The van der Waals surface area contributed by atoms with Gasteiger partial charge in [-0.15, -0.1) is 0 Å². The van der Waals surface area contributed by atoms with E-state index in [2.05, 4.69) is 12.2 Å². The van der Waals surface area contributed by atoms with Crippen molar-refractivity contribution in [2.45, 2.75) is 38.1 Å². The first kappa shape index (κ1) is 14.4. The lowest BCUT2D eigenvalue weighted by Crippen LogP contribution is -2.49. The van der Waals surface area contributed by atoms with Gasteiger partial charge in [0.05, 0.1) is 0 Å². The van der Waals surface area contributed by atoms with Crippen molar-refractivity contribution in [1.29, 1.82) is 0 Å². The predicted molar refractivity (Wildman–Crippen MR) is 76.6 cm³/mol. The highest BCUT2D eigenvalue weighted by Crippen LogP contribution is 2.35. The van der Waals surface area contributed by atoms with Gasteiger partial charge in [0, 0.05) is 11.3 Å². The number of carboxylic acid groups (broad SMARTS) is 1. The quantitative estimate of drug-likeness (QED) is 0.786. The van der Waals surface area contributed by atoms with Gasteiger partial charge in [0.25, 0.3) is 0 Å². The fraction of sp³-hybridized carbons (Fsp3) is 0.467. The van der Waals surface area contributed by atoms with Crippen molar-refractivity contribution in [3.05, 3.63) is 29.8 Å². The number of amides is 1. The van der Waals surface area contributed by atoms with E-state index in [1.165, 1.54) is 0 Å². The molecule has 1 saturated carbocycles. The molecule has 0 saturated heterocycles. The van der Waals surface area contributed by atoms with Crippen molar-refractivity contribution in [1.82, 2.24) is 0 Å². The lowest BCUT2D eigenvalue weighted by molar-refractivity contribution is -0.144. The van der Waals surface area contributed by atoms with E-state index in [-0.39, 0.29) is 0 Å². The molecule has 0 radical (unpaired) electrons. The van der Waals surface area contributed by atoms with E-state index in [0.29, 0.717) is 30.0 Å². The first-order valence-corrected chi connectivity index (χ1v) is 6.84. The summed E-state index contributed by atoms with van der Waals surface area (Å²) in [5, 5.41) is 12.7. The Hall–Kier alpha value is -2.04. The molecule has 1 aromatic carbocycles. The second-order valence-corrected chi connectivity index (χ2v) is 5.66. The molecule has 1 amide bonds. The molecule has 108 valence electrons. The molecule has 0 heterocycles. The molecule has 4 N–H and O–H groups in total. The van der Waals surface area contributed by atoms with Gasteiger partial charge in [-0.25, -0.2) is 4.79 Å². The summed E-state index contributed by atoms with van der Waals surface area (Å²) in [4.78, 5) is 22.7. The minimum absolute atomic E-state index is 0.386. The van der Waals surface area contributed by atoms with Gasteiger partial charge >= 0.3 is 5.97 Å². The van der Waals surface area contributed by atoms with Gasteiger partial charge < -0.3 is 16.2 Å². The summed E-state index contributed by atoms with van der Waals surface area (Å²) in [6, 6.07) is 6.60. The van der Waals surface area contributed by atoms with Crippen molar-refractivity contribution < 1.29 is 14.7 Å². The van der Waals surface area contributed by atoms with Crippen LogP contribution in [0.15, 0.2) is 24.3 Å². The third-order valence-electron chi connectivity index (χ3n) is 3.96. The number of hydrogen-bond acceptors (Lipinski definition) is 3. The summed E-state index contributed by atoms with van der Waals surface area (Å²) in [7, 11) is 0. The summed E-state index contributed by atoms with van der Waals surface area (Å²) in [6.07, 6.45) is 3.20. The summed E-state index contributed by atoms with van der Waals surface area (Å²) >= 11 is 0.